The molecule has 0 heterocycles. The van der Waals surface area contributed by atoms with E-state index in [-0.39, 0.29) is 11.4 Å². The molecule has 0 aliphatic heterocycles. The van der Waals surface area contributed by atoms with Gasteiger partial charge in [-0.25, -0.2) is 0 Å². The zero-order valence-corrected chi connectivity index (χ0v) is 11.2. The molecule has 0 unspecified atom stereocenters. The van der Waals surface area contributed by atoms with Gasteiger partial charge in [0.15, 0.2) is 0 Å². The summed E-state index contributed by atoms with van der Waals surface area (Å²) in [6, 6.07) is 6.88. The van der Waals surface area contributed by atoms with Crippen molar-refractivity contribution in [2.24, 2.45) is 5.73 Å². The first kappa shape index (κ1) is 13.4. The second-order valence-corrected chi connectivity index (χ2v) is 5.55. The van der Waals surface area contributed by atoms with Crippen molar-refractivity contribution in [3.05, 3.63) is 34.9 Å². The van der Waals surface area contributed by atoms with Gasteiger partial charge in [0.05, 0.1) is 0 Å². The molecule has 1 fully saturated rings. The van der Waals surface area contributed by atoms with Gasteiger partial charge in [-0.05, 0) is 37.1 Å². The molecule has 0 aromatic heterocycles. The molecule has 98 valence electrons. The van der Waals surface area contributed by atoms with Gasteiger partial charge in [0, 0.05) is 22.7 Å². The van der Waals surface area contributed by atoms with Gasteiger partial charge in [0.2, 0.25) is 0 Å². The standard InChI is InChI=1S/C14H19ClN2O/c15-12-6-4-11(5-7-12)13(18)17-10-14(16)8-2-1-3-9-14/h4-7H,1-3,8-10,16H2,(H,17,18). The van der Waals surface area contributed by atoms with E-state index in [1.165, 1.54) is 6.42 Å². The van der Waals surface area contributed by atoms with Crippen LogP contribution in [-0.4, -0.2) is 18.0 Å². The van der Waals surface area contributed by atoms with Gasteiger partial charge >= 0.3 is 0 Å². The highest BCUT2D eigenvalue weighted by molar-refractivity contribution is 6.30. The minimum absolute atomic E-state index is 0.0814. The molecule has 3 N–H and O–H groups in total. The summed E-state index contributed by atoms with van der Waals surface area (Å²) in [6.07, 6.45) is 5.56. The summed E-state index contributed by atoms with van der Waals surface area (Å²) < 4.78 is 0. The summed E-state index contributed by atoms with van der Waals surface area (Å²) in [4.78, 5) is 11.9. The first-order valence-corrected chi connectivity index (χ1v) is 6.80. The highest BCUT2D eigenvalue weighted by Gasteiger charge is 2.27. The topological polar surface area (TPSA) is 55.1 Å². The summed E-state index contributed by atoms with van der Waals surface area (Å²) in [5.74, 6) is -0.0814. The minimum atomic E-state index is -0.222. The number of benzene rings is 1. The Balaban J connectivity index is 1.89. The largest absolute Gasteiger partial charge is 0.350 e. The zero-order chi connectivity index (χ0) is 13.0. The Bertz CT molecular complexity index is 410. The van der Waals surface area contributed by atoms with Crippen LogP contribution in [0, 0.1) is 0 Å². The van der Waals surface area contributed by atoms with Crippen molar-refractivity contribution in [1.29, 1.82) is 0 Å². The molecule has 0 bridgehead atoms. The van der Waals surface area contributed by atoms with E-state index in [0.717, 1.165) is 25.7 Å². The Morgan fingerprint density at radius 3 is 2.44 bits per heavy atom. The maximum absolute atomic E-state index is 11.9. The van der Waals surface area contributed by atoms with Crippen molar-refractivity contribution >= 4 is 17.5 Å². The Hall–Kier alpha value is -1.06. The molecule has 2 rings (SSSR count). The lowest BCUT2D eigenvalue weighted by Gasteiger charge is -2.33. The zero-order valence-electron chi connectivity index (χ0n) is 10.4. The number of rotatable bonds is 3. The van der Waals surface area contributed by atoms with Crippen LogP contribution in [0.25, 0.3) is 0 Å². The van der Waals surface area contributed by atoms with E-state index >= 15 is 0 Å². The molecular formula is C14H19ClN2O. The van der Waals surface area contributed by atoms with Crippen molar-refractivity contribution in [2.75, 3.05) is 6.54 Å². The fourth-order valence-corrected chi connectivity index (χ4v) is 2.52. The van der Waals surface area contributed by atoms with Gasteiger partial charge < -0.3 is 11.1 Å². The quantitative estimate of drug-likeness (QED) is 0.884. The number of carbonyl (C=O) groups excluding carboxylic acids is 1. The number of nitrogens with one attached hydrogen (secondary N) is 1. The SMILES string of the molecule is NC1(CNC(=O)c2ccc(Cl)cc2)CCCCC1. The third-order valence-electron chi connectivity index (χ3n) is 3.56. The van der Waals surface area contributed by atoms with E-state index in [1.54, 1.807) is 24.3 Å². The molecule has 1 amide bonds. The van der Waals surface area contributed by atoms with Gasteiger partial charge in [-0.3, -0.25) is 4.79 Å². The van der Waals surface area contributed by atoms with Crippen molar-refractivity contribution in [2.45, 2.75) is 37.6 Å². The summed E-state index contributed by atoms with van der Waals surface area (Å²) in [5.41, 5.74) is 6.68. The molecule has 1 aromatic carbocycles. The second kappa shape index (κ2) is 5.72. The third kappa shape index (κ3) is 3.47. The first-order valence-electron chi connectivity index (χ1n) is 6.42. The van der Waals surface area contributed by atoms with Crippen LogP contribution in [0.5, 0.6) is 0 Å². The average Bonchev–Trinajstić information content (AvgIpc) is 2.38. The van der Waals surface area contributed by atoms with E-state index in [4.69, 9.17) is 17.3 Å². The van der Waals surface area contributed by atoms with Crippen LogP contribution < -0.4 is 11.1 Å². The van der Waals surface area contributed by atoms with Crippen LogP contribution in [0.4, 0.5) is 0 Å². The lowest BCUT2D eigenvalue weighted by molar-refractivity contribution is 0.0937. The van der Waals surface area contributed by atoms with Gasteiger partial charge in [0.25, 0.3) is 5.91 Å². The van der Waals surface area contributed by atoms with E-state index < -0.39 is 0 Å². The molecule has 0 spiro atoms. The minimum Gasteiger partial charge on any atom is -0.350 e. The first-order chi connectivity index (χ1) is 8.59. The molecule has 1 aliphatic rings. The molecule has 0 atom stereocenters. The van der Waals surface area contributed by atoms with Crippen LogP contribution in [0.1, 0.15) is 42.5 Å². The predicted molar refractivity (Wildman–Crippen MR) is 73.8 cm³/mol. The Morgan fingerprint density at radius 2 is 1.83 bits per heavy atom. The predicted octanol–water partition coefficient (Wildman–Crippen LogP) is 2.73. The van der Waals surface area contributed by atoms with Crippen LogP contribution in [0.3, 0.4) is 0 Å². The lowest BCUT2D eigenvalue weighted by atomic mass is 9.82. The smallest absolute Gasteiger partial charge is 0.251 e. The summed E-state index contributed by atoms with van der Waals surface area (Å²) in [7, 11) is 0. The molecule has 1 aromatic rings. The second-order valence-electron chi connectivity index (χ2n) is 5.11. The van der Waals surface area contributed by atoms with E-state index in [9.17, 15) is 4.79 Å². The monoisotopic (exact) mass is 266 g/mol. The number of amides is 1. The van der Waals surface area contributed by atoms with Gasteiger partial charge in [0.1, 0.15) is 0 Å². The highest BCUT2D eigenvalue weighted by Crippen LogP contribution is 2.25. The van der Waals surface area contributed by atoms with Crippen LogP contribution in [-0.2, 0) is 0 Å². The highest BCUT2D eigenvalue weighted by atomic mass is 35.5. The summed E-state index contributed by atoms with van der Waals surface area (Å²) >= 11 is 5.79. The molecule has 18 heavy (non-hydrogen) atoms. The van der Waals surface area contributed by atoms with Crippen LogP contribution in [0.2, 0.25) is 5.02 Å². The Morgan fingerprint density at radius 1 is 1.22 bits per heavy atom. The van der Waals surface area contributed by atoms with E-state index in [0.29, 0.717) is 17.1 Å². The molecular weight excluding hydrogens is 248 g/mol. The number of halogens is 1. The molecule has 0 saturated heterocycles. The molecule has 3 nitrogen and oxygen atoms in total. The average molecular weight is 267 g/mol. The lowest BCUT2D eigenvalue weighted by Crippen LogP contribution is -2.51. The number of carbonyl (C=O) groups is 1. The van der Waals surface area contributed by atoms with Gasteiger partial charge in [-0.2, -0.15) is 0 Å². The number of hydrogen-bond donors (Lipinski definition) is 2. The Labute approximate surface area is 113 Å². The van der Waals surface area contributed by atoms with Crippen LogP contribution >= 0.6 is 11.6 Å². The maximum Gasteiger partial charge on any atom is 0.251 e. The van der Waals surface area contributed by atoms with Crippen molar-refractivity contribution in [3.8, 4) is 0 Å². The normalized spacial score (nSPS) is 18.3. The third-order valence-corrected chi connectivity index (χ3v) is 3.81. The molecule has 1 saturated carbocycles. The van der Waals surface area contributed by atoms with Gasteiger partial charge in [-0.15, -0.1) is 0 Å². The van der Waals surface area contributed by atoms with Crippen molar-refractivity contribution < 1.29 is 4.79 Å². The fourth-order valence-electron chi connectivity index (χ4n) is 2.39. The van der Waals surface area contributed by atoms with E-state index in [2.05, 4.69) is 5.32 Å². The van der Waals surface area contributed by atoms with Crippen molar-refractivity contribution in [1.82, 2.24) is 5.32 Å². The molecule has 1 aliphatic carbocycles. The number of nitrogens with two attached hydrogens (primary N) is 1. The van der Waals surface area contributed by atoms with Gasteiger partial charge in [-0.1, -0.05) is 30.9 Å². The Kier molecular flexibility index (Phi) is 4.25. The van der Waals surface area contributed by atoms with E-state index in [1.807, 2.05) is 0 Å². The number of hydrogen-bond acceptors (Lipinski definition) is 2. The van der Waals surface area contributed by atoms with Crippen LogP contribution in [0.15, 0.2) is 24.3 Å². The fraction of sp³-hybridized carbons (Fsp3) is 0.500. The molecule has 4 heteroatoms. The van der Waals surface area contributed by atoms with Crippen molar-refractivity contribution in [3.63, 3.8) is 0 Å². The summed E-state index contributed by atoms with van der Waals surface area (Å²) in [5, 5.41) is 3.56. The maximum atomic E-state index is 11.9. The summed E-state index contributed by atoms with van der Waals surface area (Å²) in [6.45, 7) is 0.550. The molecule has 0 radical (unpaired) electrons.